The monoisotopic (exact) mass is 247 g/mol. The van der Waals surface area contributed by atoms with Gasteiger partial charge in [0.2, 0.25) is 0 Å². The summed E-state index contributed by atoms with van der Waals surface area (Å²) in [5, 5.41) is 1.94. The largest absolute Gasteiger partial charge is 0.353 e. The quantitative estimate of drug-likeness (QED) is 0.632. The number of aromatic nitrogens is 1. The van der Waals surface area contributed by atoms with E-state index in [1.807, 2.05) is 12.1 Å². The van der Waals surface area contributed by atoms with E-state index in [0.717, 1.165) is 21.6 Å². The first-order valence-electron chi connectivity index (χ1n) is 5.08. The molecule has 16 heavy (non-hydrogen) atoms. The number of hydrogen-bond acceptors (Lipinski definition) is 1. The molecule has 0 saturated heterocycles. The van der Waals surface area contributed by atoms with Crippen molar-refractivity contribution < 1.29 is 0 Å². The summed E-state index contributed by atoms with van der Waals surface area (Å²) in [4.78, 5) is 5.95. The molecule has 2 aromatic heterocycles. The lowest BCUT2D eigenvalue weighted by molar-refractivity contribution is 1.48. The van der Waals surface area contributed by atoms with E-state index in [9.17, 15) is 0 Å². The summed E-state index contributed by atoms with van der Waals surface area (Å²) in [6.07, 6.45) is 0. The minimum Gasteiger partial charge on any atom is -0.353 e. The molecule has 3 heteroatoms. The Morgan fingerprint density at radius 3 is 2.75 bits per heavy atom. The molecule has 0 bridgehead atoms. The summed E-state index contributed by atoms with van der Waals surface area (Å²) in [6.45, 7) is 2.11. The molecule has 0 saturated carbocycles. The van der Waals surface area contributed by atoms with Crippen LogP contribution in [0.3, 0.4) is 0 Å². The van der Waals surface area contributed by atoms with Crippen LogP contribution in [0.2, 0.25) is 5.02 Å². The van der Waals surface area contributed by atoms with Crippen molar-refractivity contribution in [2.45, 2.75) is 6.92 Å². The molecule has 0 spiro atoms. The van der Waals surface area contributed by atoms with Crippen LogP contribution in [0.4, 0.5) is 0 Å². The third kappa shape index (κ3) is 1.55. The van der Waals surface area contributed by atoms with Crippen molar-refractivity contribution in [2.24, 2.45) is 0 Å². The molecule has 1 nitrogen and oxygen atoms in total. The predicted molar refractivity (Wildman–Crippen MR) is 71.4 cm³/mol. The molecule has 0 atom stereocenters. The van der Waals surface area contributed by atoms with Crippen molar-refractivity contribution in [3.63, 3.8) is 0 Å². The maximum atomic E-state index is 6.14. The van der Waals surface area contributed by atoms with Crippen molar-refractivity contribution in [1.82, 2.24) is 4.98 Å². The topological polar surface area (TPSA) is 15.8 Å². The van der Waals surface area contributed by atoms with Crippen LogP contribution in [-0.4, -0.2) is 4.98 Å². The molecule has 0 unspecified atom stereocenters. The van der Waals surface area contributed by atoms with Gasteiger partial charge in [0.05, 0.1) is 21.1 Å². The lowest BCUT2D eigenvalue weighted by atomic mass is 10.2. The van der Waals surface area contributed by atoms with Gasteiger partial charge in [0.1, 0.15) is 0 Å². The van der Waals surface area contributed by atoms with Crippen LogP contribution in [0.5, 0.6) is 0 Å². The molecule has 1 aromatic carbocycles. The van der Waals surface area contributed by atoms with Gasteiger partial charge in [-0.1, -0.05) is 23.7 Å². The van der Waals surface area contributed by atoms with Gasteiger partial charge in [-0.15, -0.1) is 11.3 Å². The minimum absolute atomic E-state index is 0.775. The number of nitrogens with one attached hydrogen (secondary N) is 1. The standard InChI is InChI=1S/C13H10ClNS/c1-8-5-6-12(16-8)11-7-9-3-2-4-10(14)13(9)15-11/h2-7,15H,1H3. The molecular weight excluding hydrogens is 238 g/mol. The second kappa shape index (κ2) is 3.65. The van der Waals surface area contributed by atoms with Crippen LogP contribution < -0.4 is 0 Å². The van der Waals surface area contributed by atoms with Gasteiger partial charge in [-0.3, -0.25) is 0 Å². The number of aryl methyl sites for hydroxylation is 1. The van der Waals surface area contributed by atoms with E-state index in [2.05, 4.69) is 36.2 Å². The number of fused-ring (bicyclic) bond motifs is 1. The summed E-state index contributed by atoms with van der Waals surface area (Å²) in [6, 6.07) is 12.4. The third-order valence-corrected chi connectivity index (χ3v) is 3.96. The van der Waals surface area contributed by atoms with Gasteiger partial charge in [-0.05, 0) is 31.2 Å². The number of benzene rings is 1. The lowest BCUT2D eigenvalue weighted by Gasteiger charge is -1.92. The lowest BCUT2D eigenvalue weighted by Crippen LogP contribution is -1.70. The molecule has 0 aliphatic heterocycles. The van der Waals surface area contributed by atoms with E-state index in [1.54, 1.807) is 11.3 Å². The highest BCUT2D eigenvalue weighted by molar-refractivity contribution is 7.15. The number of rotatable bonds is 1. The maximum Gasteiger partial charge on any atom is 0.0648 e. The number of H-pyrrole nitrogens is 1. The summed E-state index contributed by atoms with van der Waals surface area (Å²) in [5.41, 5.74) is 2.16. The predicted octanol–water partition coefficient (Wildman–Crippen LogP) is 4.86. The summed E-state index contributed by atoms with van der Waals surface area (Å²) in [7, 11) is 0. The Labute approximate surface area is 103 Å². The van der Waals surface area contributed by atoms with Gasteiger partial charge >= 0.3 is 0 Å². The molecule has 3 rings (SSSR count). The molecular formula is C13H10ClNS. The highest BCUT2D eigenvalue weighted by Crippen LogP contribution is 2.32. The Balaban J connectivity index is 2.22. The van der Waals surface area contributed by atoms with Crippen molar-refractivity contribution in [1.29, 1.82) is 0 Å². The van der Waals surface area contributed by atoms with E-state index in [0.29, 0.717) is 0 Å². The average Bonchev–Trinajstić information content (AvgIpc) is 2.84. The van der Waals surface area contributed by atoms with E-state index >= 15 is 0 Å². The molecule has 0 aliphatic rings. The van der Waals surface area contributed by atoms with Gasteiger partial charge in [-0.2, -0.15) is 0 Å². The molecule has 0 fully saturated rings. The van der Waals surface area contributed by atoms with Crippen LogP contribution >= 0.6 is 22.9 Å². The zero-order valence-electron chi connectivity index (χ0n) is 8.75. The summed E-state index contributed by atoms with van der Waals surface area (Å²) < 4.78 is 0. The first-order valence-corrected chi connectivity index (χ1v) is 6.27. The van der Waals surface area contributed by atoms with Gasteiger partial charge in [-0.25, -0.2) is 0 Å². The Bertz CT molecular complexity index is 651. The Kier molecular flexibility index (Phi) is 2.27. The molecule has 0 radical (unpaired) electrons. The molecule has 0 aliphatic carbocycles. The highest BCUT2D eigenvalue weighted by atomic mass is 35.5. The van der Waals surface area contributed by atoms with Crippen LogP contribution in [0.25, 0.3) is 21.5 Å². The number of halogens is 1. The number of para-hydroxylation sites is 1. The average molecular weight is 248 g/mol. The summed E-state index contributed by atoms with van der Waals surface area (Å²) >= 11 is 7.92. The summed E-state index contributed by atoms with van der Waals surface area (Å²) in [5.74, 6) is 0. The number of hydrogen-bond donors (Lipinski definition) is 1. The van der Waals surface area contributed by atoms with Gasteiger partial charge in [0, 0.05) is 10.3 Å². The van der Waals surface area contributed by atoms with Crippen LogP contribution in [-0.2, 0) is 0 Å². The fraction of sp³-hybridized carbons (Fsp3) is 0.0769. The zero-order valence-corrected chi connectivity index (χ0v) is 10.3. The first kappa shape index (κ1) is 9.94. The molecule has 3 aromatic rings. The van der Waals surface area contributed by atoms with Gasteiger partial charge in [0.25, 0.3) is 0 Å². The van der Waals surface area contributed by atoms with E-state index in [-0.39, 0.29) is 0 Å². The highest BCUT2D eigenvalue weighted by Gasteiger charge is 2.06. The van der Waals surface area contributed by atoms with Crippen molar-refractivity contribution in [3.8, 4) is 10.6 Å². The van der Waals surface area contributed by atoms with E-state index in [1.165, 1.54) is 9.75 Å². The minimum atomic E-state index is 0.775. The zero-order chi connectivity index (χ0) is 11.1. The van der Waals surface area contributed by atoms with Gasteiger partial charge in [0.15, 0.2) is 0 Å². The van der Waals surface area contributed by atoms with Gasteiger partial charge < -0.3 is 4.98 Å². The molecule has 0 amide bonds. The SMILES string of the molecule is Cc1ccc(-c2cc3cccc(Cl)c3[nH]2)s1. The Morgan fingerprint density at radius 1 is 1.19 bits per heavy atom. The third-order valence-electron chi connectivity index (χ3n) is 2.61. The first-order chi connectivity index (χ1) is 7.74. The van der Waals surface area contributed by atoms with E-state index < -0.39 is 0 Å². The smallest absolute Gasteiger partial charge is 0.0648 e. The van der Waals surface area contributed by atoms with Crippen molar-refractivity contribution in [2.75, 3.05) is 0 Å². The van der Waals surface area contributed by atoms with Crippen LogP contribution in [0, 0.1) is 6.92 Å². The second-order valence-electron chi connectivity index (χ2n) is 3.80. The van der Waals surface area contributed by atoms with Crippen LogP contribution in [0.1, 0.15) is 4.88 Å². The Morgan fingerprint density at radius 2 is 2.06 bits per heavy atom. The number of aromatic amines is 1. The van der Waals surface area contributed by atoms with E-state index in [4.69, 9.17) is 11.6 Å². The second-order valence-corrected chi connectivity index (χ2v) is 5.49. The normalized spacial score (nSPS) is 11.1. The molecule has 2 heterocycles. The fourth-order valence-electron chi connectivity index (χ4n) is 1.83. The molecule has 80 valence electrons. The van der Waals surface area contributed by atoms with Crippen LogP contribution in [0.15, 0.2) is 36.4 Å². The van der Waals surface area contributed by atoms with Crippen molar-refractivity contribution >= 4 is 33.8 Å². The number of thiophene rings is 1. The maximum absolute atomic E-state index is 6.14. The molecule has 1 N–H and O–H groups in total. The van der Waals surface area contributed by atoms with Crippen molar-refractivity contribution in [3.05, 3.63) is 46.3 Å². The fourth-order valence-corrected chi connectivity index (χ4v) is 2.90. The Hall–Kier alpha value is -1.25.